The minimum atomic E-state index is 0.802. The Morgan fingerprint density at radius 3 is 2.75 bits per heavy atom. The van der Waals surface area contributed by atoms with Crippen LogP contribution in [0.1, 0.15) is 5.56 Å². The predicted molar refractivity (Wildman–Crippen MR) is 52.3 cm³/mol. The van der Waals surface area contributed by atoms with Crippen molar-refractivity contribution in [3.05, 3.63) is 40.4 Å². The van der Waals surface area contributed by atoms with Gasteiger partial charge in [-0.3, -0.25) is 0 Å². The number of hydrogen-bond acceptors (Lipinski definition) is 1. The third kappa shape index (κ3) is 1.68. The van der Waals surface area contributed by atoms with Crippen LogP contribution in [0, 0.1) is 0 Å². The van der Waals surface area contributed by atoms with Crippen LogP contribution >= 0.6 is 11.6 Å². The van der Waals surface area contributed by atoms with Crippen molar-refractivity contribution in [1.29, 1.82) is 0 Å². The quantitative estimate of drug-likeness (QED) is 0.698. The van der Waals surface area contributed by atoms with Gasteiger partial charge >= 0.3 is 0 Å². The second-order valence-electron chi connectivity index (χ2n) is 2.96. The van der Waals surface area contributed by atoms with Crippen LogP contribution in [-0.2, 0) is 0 Å². The van der Waals surface area contributed by atoms with Gasteiger partial charge in [-0.25, -0.2) is 0 Å². The smallest absolute Gasteiger partial charge is 0.0411 e. The number of nitrogens with one attached hydrogen (secondary N) is 1. The summed E-state index contributed by atoms with van der Waals surface area (Å²) in [6.07, 6.45) is 2.18. The molecular formula is C10H10ClN. The van der Waals surface area contributed by atoms with Crippen molar-refractivity contribution < 1.29 is 0 Å². The number of hydrogen-bond donors (Lipinski definition) is 1. The van der Waals surface area contributed by atoms with Gasteiger partial charge in [0.2, 0.25) is 0 Å². The first-order valence-corrected chi connectivity index (χ1v) is 4.38. The third-order valence-corrected chi connectivity index (χ3v) is 2.16. The van der Waals surface area contributed by atoms with Crippen molar-refractivity contribution in [2.75, 3.05) is 13.1 Å². The number of rotatable bonds is 1. The van der Waals surface area contributed by atoms with Crippen molar-refractivity contribution >= 4 is 17.7 Å². The zero-order valence-electron chi connectivity index (χ0n) is 6.68. The van der Waals surface area contributed by atoms with Gasteiger partial charge in [0, 0.05) is 18.1 Å². The standard InChI is InChI=1S/C10H10ClN/c11-10-3-1-2-8(5-10)4-9-6-12-7-9/h1-5,12H,6-7H2. The highest BCUT2D eigenvalue weighted by Crippen LogP contribution is 2.14. The van der Waals surface area contributed by atoms with Gasteiger partial charge in [-0.2, -0.15) is 0 Å². The molecule has 2 rings (SSSR count). The minimum Gasteiger partial charge on any atom is -0.309 e. The summed E-state index contributed by atoms with van der Waals surface area (Å²) in [5, 5.41) is 4.00. The van der Waals surface area contributed by atoms with Crippen LogP contribution in [0.15, 0.2) is 29.8 Å². The van der Waals surface area contributed by atoms with Gasteiger partial charge < -0.3 is 5.32 Å². The van der Waals surface area contributed by atoms with Gasteiger partial charge in [-0.05, 0) is 23.3 Å². The van der Waals surface area contributed by atoms with Crippen molar-refractivity contribution in [2.45, 2.75) is 0 Å². The largest absolute Gasteiger partial charge is 0.309 e. The maximum Gasteiger partial charge on any atom is 0.0411 e. The van der Waals surface area contributed by atoms with Crippen LogP contribution in [0.5, 0.6) is 0 Å². The molecule has 12 heavy (non-hydrogen) atoms. The van der Waals surface area contributed by atoms with E-state index in [1.807, 2.05) is 18.2 Å². The Balaban J connectivity index is 2.22. The molecule has 0 unspecified atom stereocenters. The molecule has 1 aromatic rings. The summed E-state index contributed by atoms with van der Waals surface area (Å²) in [4.78, 5) is 0. The predicted octanol–water partition coefficient (Wildman–Crippen LogP) is 2.33. The number of halogens is 1. The fourth-order valence-electron chi connectivity index (χ4n) is 1.20. The van der Waals surface area contributed by atoms with E-state index in [9.17, 15) is 0 Å². The molecule has 0 bridgehead atoms. The lowest BCUT2D eigenvalue weighted by Crippen LogP contribution is -2.33. The molecular weight excluding hydrogens is 170 g/mol. The molecule has 1 aliphatic heterocycles. The lowest BCUT2D eigenvalue weighted by Gasteiger charge is -2.18. The Labute approximate surface area is 77.0 Å². The molecule has 0 amide bonds. The summed E-state index contributed by atoms with van der Waals surface area (Å²) < 4.78 is 0. The van der Waals surface area contributed by atoms with Crippen LogP contribution in [0.4, 0.5) is 0 Å². The average molecular weight is 180 g/mol. The van der Waals surface area contributed by atoms with Gasteiger partial charge in [-0.1, -0.05) is 29.8 Å². The molecule has 0 radical (unpaired) electrons. The van der Waals surface area contributed by atoms with Gasteiger partial charge in [0.05, 0.1) is 0 Å². The molecule has 1 aromatic carbocycles. The lowest BCUT2D eigenvalue weighted by atomic mass is 10.1. The van der Waals surface area contributed by atoms with E-state index in [1.54, 1.807) is 0 Å². The first-order valence-electron chi connectivity index (χ1n) is 4.00. The Kier molecular flexibility index (Phi) is 2.15. The zero-order valence-corrected chi connectivity index (χ0v) is 7.43. The van der Waals surface area contributed by atoms with Crippen LogP contribution in [0.3, 0.4) is 0 Å². The van der Waals surface area contributed by atoms with E-state index < -0.39 is 0 Å². The molecule has 1 aliphatic rings. The van der Waals surface area contributed by atoms with Gasteiger partial charge in [0.25, 0.3) is 0 Å². The van der Waals surface area contributed by atoms with Crippen LogP contribution in [0.2, 0.25) is 5.02 Å². The molecule has 1 saturated heterocycles. The molecule has 0 spiro atoms. The van der Waals surface area contributed by atoms with Crippen molar-refractivity contribution in [3.8, 4) is 0 Å². The van der Waals surface area contributed by atoms with Crippen LogP contribution in [0.25, 0.3) is 6.08 Å². The van der Waals surface area contributed by atoms with Crippen molar-refractivity contribution in [2.24, 2.45) is 0 Å². The molecule has 1 nitrogen and oxygen atoms in total. The molecule has 62 valence electrons. The van der Waals surface area contributed by atoms with E-state index in [1.165, 1.54) is 11.1 Å². The molecule has 0 saturated carbocycles. The van der Waals surface area contributed by atoms with E-state index in [2.05, 4.69) is 17.5 Å². The summed E-state index contributed by atoms with van der Waals surface area (Å²) in [5.41, 5.74) is 2.64. The maximum absolute atomic E-state index is 5.84. The molecule has 2 heteroatoms. The van der Waals surface area contributed by atoms with Gasteiger partial charge in [0.1, 0.15) is 0 Å². The second-order valence-corrected chi connectivity index (χ2v) is 3.40. The van der Waals surface area contributed by atoms with E-state index in [-0.39, 0.29) is 0 Å². The van der Waals surface area contributed by atoms with E-state index in [0.717, 1.165) is 18.1 Å². The molecule has 1 fully saturated rings. The molecule has 1 N–H and O–H groups in total. The monoisotopic (exact) mass is 179 g/mol. The third-order valence-electron chi connectivity index (χ3n) is 1.92. The molecule has 0 aliphatic carbocycles. The molecule has 0 aromatic heterocycles. The summed E-state index contributed by atoms with van der Waals surface area (Å²) in [5.74, 6) is 0. The number of benzene rings is 1. The van der Waals surface area contributed by atoms with E-state index in [4.69, 9.17) is 11.6 Å². The average Bonchev–Trinajstić information content (AvgIpc) is 1.97. The van der Waals surface area contributed by atoms with E-state index >= 15 is 0 Å². The highest BCUT2D eigenvalue weighted by Gasteiger charge is 2.05. The highest BCUT2D eigenvalue weighted by atomic mass is 35.5. The lowest BCUT2D eigenvalue weighted by molar-refractivity contribution is 0.675. The first kappa shape index (κ1) is 7.84. The summed E-state index contributed by atoms with van der Waals surface area (Å²) in [6, 6.07) is 7.91. The first-order chi connectivity index (χ1) is 5.84. The van der Waals surface area contributed by atoms with Crippen molar-refractivity contribution in [3.63, 3.8) is 0 Å². The maximum atomic E-state index is 5.84. The zero-order chi connectivity index (χ0) is 8.39. The Bertz CT molecular complexity index is 311. The summed E-state index contributed by atoms with van der Waals surface area (Å²) in [6.45, 7) is 2.04. The second kappa shape index (κ2) is 3.30. The van der Waals surface area contributed by atoms with Crippen LogP contribution in [-0.4, -0.2) is 13.1 Å². The van der Waals surface area contributed by atoms with Crippen molar-refractivity contribution in [1.82, 2.24) is 5.32 Å². The highest BCUT2D eigenvalue weighted by molar-refractivity contribution is 6.30. The Hall–Kier alpha value is -0.790. The molecule has 1 heterocycles. The fraction of sp³-hybridized carbons (Fsp3) is 0.200. The Morgan fingerprint density at radius 1 is 1.33 bits per heavy atom. The summed E-state index contributed by atoms with van der Waals surface area (Å²) in [7, 11) is 0. The topological polar surface area (TPSA) is 12.0 Å². The molecule has 0 atom stereocenters. The Morgan fingerprint density at radius 2 is 2.17 bits per heavy atom. The normalized spacial score (nSPS) is 15.6. The van der Waals surface area contributed by atoms with Gasteiger partial charge in [-0.15, -0.1) is 0 Å². The SMILES string of the molecule is Clc1cccc(C=C2CNC2)c1. The fourth-order valence-corrected chi connectivity index (χ4v) is 1.40. The van der Waals surface area contributed by atoms with E-state index in [0.29, 0.717) is 0 Å². The summed E-state index contributed by atoms with van der Waals surface area (Å²) >= 11 is 5.84. The van der Waals surface area contributed by atoms with Crippen LogP contribution < -0.4 is 5.32 Å². The van der Waals surface area contributed by atoms with Gasteiger partial charge in [0.15, 0.2) is 0 Å². The minimum absolute atomic E-state index is 0.802.